The lowest BCUT2D eigenvalue weighted by molar-refractivity contribution is -0.142. The fourth-order valence-electron chi connectivity index (χ4n) is 7.36. The number of sulfone groups is 1. The molecule has 2 heterocycles. The molecule has 1 aromatic heterocycles. The van der Waals surface area contributed by atoms with Crippen molar-refractivity contribution in [3.8, 4) is 0 Å². The number of ether oxygens (including phenoxy) is 1. The van der Waals surface area contributed by atoms with E-state index in [1.54, 1.807) is 0 Å². The number of rotatable bonds is 20. The summed E-state index contributed by atoms with van der Waals surface area (Å²) in [5.41, 5.74) is 4.34. The average Bonchev–Trinajstić information content (AvgIpc) is 3.85. The summed E-state index contributed by atoms with van der Waals surface area (Å²) >= 11 is 0. The van der Waals surface area contributed by atoms with E-state index in [2.05, 4.69) is 26.3 Å². The third-order valence-corrected chi connectivity index (χ3v) is 12.1. The van der Waals surface area contributed by atoms with Gasteiger partial charge in [-0.1, -0.05) is 37.3 Å². The molecule has 20 heteroatoms. The normalized spacial score (nSPS) is 18.7. The summed E-state index contributed by atoms with van der Waals surface area (Å²) in [5, 5.41) is 35.5. The molecule has 5 amide bonds. The number of nitrogens with zero attached hydrogens (tertiary/aromatic N) is 4. The highest BCUT2D eigenvalue weighted by Crippen LogP contribution is 2.33. The van der Waals surface area contributed by atoms with Gasteiger partial charge in [-0.05, 0) is 69.7 Å². The standard InChI is InChI=1S/C37H54N8O11S/c1-37(2,53)30-21-40-43-45(30)25-20-29(34(49)41-27(31(46)32(38)47)11-7-8-16-39-36(51)52)44(22-25)35(50)28(19-23-9-5-4-6-10-23)42-33(48)24-12-14-26(15-13-24)57(54,55)18-17-56-3/h12-15,21,23,25,27-29,39,53H,4-11,16-20,22H2,1-3H3,(H2,38,47)(H,41,49)(H,42,48)(H,51,52)/t25-,27?,28+,29-/m0/s1. The minimum Gasteiger partial charge on any atom is -0.465 e. The molecule has 2 fully saturated rings. The number of benzene rings is 1. The molecular weight excluding hydrogens is 765 g/mol. The lowest BCUT2D eigenvalue weighted by Gasteiger charge is -2.32. The van der Waals surface area contributed by atoms with Crippen molar-refractivity contribution in [3.05, 3.63) is 41.7 Å². The number of hydrogen-bond donors (Lipinski definition) is 6. The van der Waals surface area contributed by atoms with E-state index in [4.69, 9.17) is 15.6 Å². The van der Waals surface area contributed by atoms with Crippen molar-refractivity contribution in [3.63, 3.8) is 0 Å². The van der Waals surface area contributed by atoms with Crippen LogP contribution >= 0.6 is 0 Å². The van der Waals surface area contributed by atoms with E-state index in [0.717, 1.165) is 32.1 Å². The molecule has 1 saturated carbocycles. The number of amides is 5. The van der Waals surface area contributed by atoms with Crippen LogP contribution in [-0.2, 0) is 39.4 Å². The Labute approximate surface area is 331 Å². The van der Waals surface area contributed by atoms with E-state index in [0.29, 0.717) is 12.1 Å². The molecule has 0 spiro atoms. The SMILES string of the molecule is COCCS(=O)(=O)c1ccc(C(=O)N[C@H](CC2CCCCC2)C(=O)N2C[C@@H](n3nncc3C(C)(C)O)C[C@H]2C(=O)NC(CCCCNC(=O)O)C(=O)C(N)=O)cc1. The Hall–Kier alpha value is -4.95. The highest BCUT2D eigenvalue weighted by molar-refractivity contribution is 7.91. The number of methoxy groups -OCH3 is 1. The van der Waals surface area contributed by atoms with Crippen LogP contribution in [0.2, 0.25) is 0 Å². The first-order valence-corrected chi connectivity index (χ1v) is 20.7. The van der Waals surface area contributed by atoms with Crippen LogP contribution in [-0.4, -0.2) is 125 Å². The second-order valence-corrected chi connectivity index (χ2v) is 17.2. The van der Waals surface area contributed by atoms with E-state index in [1.807, 2.05) is 0 Å². The van der Waals surface area contributed by atoms with Crippen LogP contribution in [0.3, 0.4) is 0 Å². The summed E-state index contributed by atoms with van der Waals surface area (Å²) in [6.45, 7) is 3.04. The van der Waals surface area contributed by atoms with Crippen molar-refractivity contribution >= 4 is 45.3 Å². The molecule has 1 aromatic carbocycles. The lowest BCUT2D eigenvalue weighted by Crippen LogP contribution is -2.56. The molecule has 19 nitrogen and oxygen atoms in total. The number of Topliss-reactive ketones (excluding diaryl/α,β-unsaturated/α-hetero) is 1. The molecular formula is C37H54N8O11S. The second-order valence-electron chi connectivity index (χ2n) is 15.1. The quantitative estimate of drug-likeness (QED) is 0.0798. The van der Waals surface area contributed by atoms with Gasteiger partial charge in [0.2, 0.25) is 17.6 Å². The second kappa shape index (κ2) is 20.0. The molecule has 0 bridgehead atoms. The fraction of sp³-hybridized carbons (Fsp3) is 0.622. The van der Waals surface area contributed by atoms with E-state index < -0.39 is 75.1 Å². The molecule has 1 aliphatic heterocycles. The predicted molar refractivity (Wildman–Crippen MR) is 203 cm³/mol. The number of nitrogens with one attached hydrogen (secondary N) is 3. The number of unbranched alkanes of at least 4 members (excludes halogenated alkanes) is 1. The first-order valence-electron chi connectivity index (χ1n) is 19.1. The van der Waals surface area contributed by atoms with Crippen LogP contribution in [0.4, 0.5) is 4.79 Å². The van der Waals surface area contributed by atoms with Crippen LogP contribution in [0.15, 0.2) is 35.4 Å². The Morgan fingerprint density at radius 2 is 1.70 bits per heavy atom. The number of carbonyl (C=O) groups excluding carboxylic acids is 5. The van der Waals surface area contributed by atoms with Crippen LogP contribution in [0, 0.1) is 5.92 Å². The van der Waals surface area contributed by atoms with Gasteiger partial charge in [0.05, 0.1) is 41.2 Å². The number of carboxylic acid groups (broad SMARTS) is 1. The van der Waals surface area contributed by atoms with E-state index in [1.165, 1.54) is 61.0 Å². The van der Waals surface area contributed by atoms with Gasteiger partial charge >= 0.3 is 6.09 Å². The fourth-order valence-corrected chi connectivity index (χ4v) is 8.53. The predicted octanol–water partition coefficient (Wildman–Crippen LogP) is 0.814. The van der Waals surface area contributed by atoms with Crippen molar-refractivity contribution in [2.24, 2.45) is 11.7 Å². The zero-order valence-electron chi connectivity index (χ0n) is 32.5. The summed E-state index contributed by atoms with van der Waals surface area (Å²) in [5.74, 6) is -4.50. The first-order chi connectivity index (χ1) is 26.9. The highest BCUT2D eigenvalue weighted by Gasteiger charge is 2.45. The van der Waals surface area contributed by atoms with Gasteiger partial charge in [-0.3, -0.25) is 24.0 Å². The zero-order chi connectivity index (χ0) is 41.9. The van der Waals surface area contributed by atoms with E-state index >= 15 is 0 Å². The number of aliphatic hydroxyl groups is 1. The Morgan fingerprint density at radius 1 is 1.02 bits per heavy atom. The van der Waals surface area contributed by atoms with Crippen LogP contribution in [0.25, 0.3) is 0 Å². The number of hydrogen-bond acceptors (Lipinski definition) is 12. The molecule has 4 rings (SSSR count). The van der Waals surface area contributed by atoms with Gasteiger partial charge in [0, 0.05) is 32.2 Å². The minimum absolute atomic E-state index is 0.00367. The minimum atomic E-state index is -3.67. The summed E-state index contributed by atoms with van der Waals surface area (Å²) < 4.78 is 31.7. The molecule has 1 unspecified atom stereocenters. The van der Waals surface area contributed by atoms with Gasteiger partial charge in [-0.25, -0.2) is 17.9 Å². The molecule has 2 aliphatic rings. The Morgan fingerprint density at radius 3 is 2.32 bits per heavy atom. The van der Waals surface area contributed by atoms with E-state index in [9.17, 15) is 42.3 Å². The molecule has 2 aromatic rings. The number of nitrogens with two attached hydrogens (primary N) is 1. The number of aromatic nitrogens is 3. The number of primary amides is 1. The molecule has 4 atom stereocenters. The number of carbonyl (C=O) groups is 6. The maximum atomic E-state index is 14.8. The van der Waals surface area contributed by atoms with Crippen molar-refractivity contribution in [1.29, 1.82) is 0 Å². The Kier molecular flexibility index (Phi) is 15.7. The lowest BCUT2D eigenvalue weighted by atomic mass is 9.84. The first kappa shape index (κ1) is 44.8. The third-order valence-electron chi connectivity index (χ3n) is 10.4. The summed E-state index contributed by atoms with van der Waals surface area (Å²) in [4.78, 5) is 79.7. The largest absolute Gasteiger partial charge is 0.465 e. The van der Waals surface area contributed by atoms with Gasteiger partial charge in [0.1, 0.15) is 17.7 Å². The van der Waals surface area contributed by atoms with Gasteiger partial charge < -0.3 is 41.5 Å². The summed E-state index contributed by atoms with van der Waals surface area (Å²) in [7, 11) is -2.28. The van der Waals surface area contributed by atoms with Crippen molar-refractivity contribution in [2.45, 2.75) is 113 Å². The maximum Gasteiger partial charge on any atom is 0.404 e. The zero-order valence-corrected chi connectivity index (χ0v) is 33.3. The van der Waals surface area contributed by atoms with Crippen molar-refractivity contribution < 1.29 is 52.1 Å². The number of ketones is 1. The van der Waals surface area contributed by atoms with Gasteiger partial charge in [0.15, 0.2) is 9.84 Å². The molecule has 0 radical (unpaired) electrons. The maximum absolute atomic E-state index is 14.8. The van der Waals surface area contributed by atoms with Crippen LogP contribution < -0.4 is 21.7 Å². The topological polar surface area (TPSA) is 282 Å². The third kappa shape index (κ3) is 12.3. The molecule has 1 saturated heterocycles. The van der Waals surface area contributed by atoms with Gasteiger partial charge in [0.25, 0.3) is 11.8 Å². The smallest absolute Gasteiger partial charge is 0.404 e. The van der Waals surface area contributed by atoms with Gasteiger partial charge in [-0.2, -0.15) is 0 Å². The summed E-state index contributed by atoms with van der Waals surface area (Å²) in [6.07, 6.45) is 5.45. The van der Waals surface area contributed by atoms with Crippen molar-refractivity contribution in [1.82, 2.24) is 35.8 Å². The van der Waals surface area contributed by atoms with Gasteiger partial charge in [-0.15, -0.1) is 5.10 Å². The van der Waals surface area contributed by atoms with E-state index in [-0.39, 0.29) is 67.5 Å². The van der Waals surface area contributed by atoms with Crippen molar-refractivity contribution in [2.75, 3.05) is 32.6 Å². The monoisotopic (exact) mass is 818 g/mol. The molecule has 1 aliphatic carbocycles. The van der Waals surface area contributed by atoms with Crippen LogP contribution in [0.1, 0.15) is 100 Å². The molecule has 314 valence electrons. The number of likely N-dealkylation sites (tertiary alicyclic amines) is 1. The molecule has 7 N–H and O–H groups in total. The molecule has 57 heavy (non-hydrogen) atoms. The highest BCUT2D eigenvalue weighted by atomic mass is 32.2. The average molecular weight is 819 g/mol. The Balaban J connectivity index is 1.65. The Bertz CT molecular complexity index is 1860. The van der Waals surface area contributed by atoms with Crippen LogP contribution in [0.5, 0.6) is 0 Å². The summed E-state index contributed by atoms with van der Waals surface area (Å²) in [6, 6.07) is 0.941.